The predicted octanol–water partition coefficient (Wildman–Crippen LogP) is 6.05. The molecule has 8 nitrogen and oxygen atoms in total. The number of aliphatic hydroxyl groups excluding tert-OH is 1. The van der Waals surface area contributed by atoms with E-state index in [2.05, 4.69) is 4.74 Å². The molecule has 0 unspecified atom stereocenters. The number of alkyl halides is 3. The summed E-state index contributed by atoms with van der Waals surface area (Å²) < 4.78 is 70.8. The van der Waals surface area contributed by atoms with E-state index < -0.39 is 27.8 Å². The number of benzene rings is 3. The van der Waals surface area contributed by atoms with Crippen LogP contribution >= 0.6 is 11.6 Å². The molecule has 0 atom stereocenters. The zero-order valence-electron chi connectivity index (χ0n) is 23.6. The van der Waals surface area contributed by atoms with Crippen LogP contribution in [0.25, 0.3) is 16.7 Å². The number of esters is 1. The van der Waals surface area contributed by atoms with Crippen LogP contribution in [0.3, 0.4) is 0 Å². The van der Waals surface area contributed by atoms with Crippen molar-refractivity contribution in [3.8, 4) is 16.9 Å². The van der Waals surface area contributed by atoms with Gasteiger partial charge in [0.2, 0.25) is 5.91 Å². The molecule has 1 spiro atoms. The molecule has 0 aliphatic carbocycles. The molecule has 2 aliphatic rings. The van der Waals surface area contributed by atoms with Crippen molar-refractivity contribution < 1.29 is 45.8 Å². The van der Waals surface area contributed by atoms with Crippen molar-refractivity contribution in [2.45, 2.75) is 43.0 Å². The lowest BCUT2D eigenvalue weighted by molar-refractivity contribution is -0.274. The van der Waals surface area contributed by atoms with Crippen LogP contribution in [0.2, 0.25) is 5.02 Å². The smallest absolute Gasteiger partial charge is 0.507 e. The van der Waals surface area contributed by atoms with E-state index in [4.69, 9.17) is 16.3 Å². The first-order chi connectivity index (χ1) is 20.6. The highest BCUT2D eigenvalue weighted by Crippen LogP contribution is 2.45. The Morgan fingerprint density at radius 1 is 1.07 bits per heavy atom. The van der Waals surface area contributed by atoms with Crippen molar-refractivity contribution in [1.29, 1.82) is 0 Å². The SMILES string of the molecule is Cc1cc(-c2cccc(S(C)(=O)=O)c2)c(Cl)cc1C1=C(O)C2(CCN(C(=O)Cc3ccc(OC(F)(F)F)cc3)CC2)OC1=O. The van der Waals surface area contributed by atoms with Gasteiger partial charge in [0.25, 0.3) is 0 Å². The molecule has 2 heterocycles. The highest BCUT2D eigenvalue weighted by molar-refractivity contribution is 7.90. The Kier molecular flexibility index (Phi) is 8.19. The third-order valence-electron chi connectivity index (χ3n) is 7.75. The van der Waals surface area contributed by atoms with Crippen LogP contribution in [-0.4, -0.2) is 61.6 Å². The molecule has 13 heteroatoms. The normalized spacial score (nSPS) is 16.8. The zero-order chi connectivity index (χ0) is 32.0. The van der Waals surface area contributed by atoms with E-state index >= 15 is 0 Å². The van der Waals surface area contributed by atoms with Crippen molar-refractivity contribution in [2.75, 3.05) is 19.3 Å². The molecule has 232 valence electrons. The van der Waals surface area contributed by atoms with Crippen molar-refractivity contribution >= 4 is 38.9 Å². The number of amides is 1. The fourth-order valence-corrected chi connectivity index (χ4v) is 6.40. The lowest BCUT2D eigenvalue weighted by Crippen LogP contribution is -2.48. The summed E-state index contributed by atoms with van der Waals surface area (Å²) in [5.74, 6) is -1.63. The highest BCUT2D eigenvalue weighted by Gasteiger charge is 2.51. The number of piperidine rings is 1. The van der Waals surface area contributed by atoms with Crippen molar-refractivity contribution in [1.82, 2.24) is 4.90 Å². The third kappa shape index (κ3) is 6.41. The Hall–Kier alpha value is -4.03. The summed E-state index contributed by atoms with van der Waals surface area (Å²) in [6.45, 7) is 2.08. The van der Waals surface area contributed by atoms with Gasteiger partial charge >= 0.3 is 12.3 Å². The molecule has 0 bridgehead atoms. The van der Waals surface area contributed by atoms with E-state index in [1.54, 1.807) is 30.0 Å². The maximum atomic E-state index is 13.1. The number of halogens is 4. The Balaban J connectivity index is 1.32. The largest absolute Gasteiger partial charge is 0.573 e. The standard InChI is InChI=1S/C31H27ClF3NO7S/c1-18-14-24(20-4-3-5-22(16-20)44(2,40)41)25(32)17-23(18)27-28(38)30(43-29(27)39)10-12-36(13-11-30)26(37)15-19-6-8-21(9-7-19)42-31(33,34)35/h3-9,14,16-17,38H,10-13,15H2,1-2H3. The van der Waals surface area contributed by atoms with Crippen LogP contribution in [0.5, 0.6) is 5.75 Å². The fourth-order valence-electron chi connectivity index (χ4n) is 5.46. The first-order valence-electron chi connectivity index (χ1n) is 13.5. The fraction of sp³-hybridized carbons (Fsp3) is 0.290. The molecular formula is C31H27ClF3NO7S. The Labute approximate surface area is 256 Å². The van der Waals surface area contributed by atoms with Gasteiger partial charge in [-0.15, -0.1) is 13.2 Å². The van der Waals surface area contributed by atoms with Crippen LogP contribution in [0.1, 0.15) is 29.5 Å². The van der Waals surface area contributed by atoms with Gasteiger partial charge in [-0.3, -0.25) is 4.79 Å². The van der Waals surface area contributed by atoms with Crippen molar-refractivity contribution in [3.05, 3.63) is 88.1 Å². The number of ether oxygens (including phenoxy) is 2. The Bertz CT molecular complexity index is 1780. The quantitative estimate of drug-likeness (QED) is 0.324. The molecule has 1 saturated heterocycles. The molecule has 5 rings (SSSR count). The minimum atomic E-state index is -4.81. The number of carbonyl (C=O) groups is 2. The summed E-state index contributed by atoms with van der Waals surface area (Å²) in [5, 5.41) is 11.6. The van der Waals surface area contributed by atoms with Crippen LogP contribution in [0.4, 0.5) is 13.2 Å². The van der Waals surface area contributed by atoms with Gasteiger partial charge in [-0.25, -0.2) is 13.2 Å². The Morgan fingerprint density at radius 3 is 2.34 bits per heavy atom. The number of hydrogen-bond acceptors (Lipinski definition) is 7. The number of aryl methyl sites for hydroxylation is 1. The molecule has 2 aliphatic heterocycles. The number of likely N-dealkylation sites (tertiary alicyclic amines) is 1. The molecule has 1 fully saturated rings. The second kappa shape index (κ2) is 11.5. The van der Waals surface area contributed by atoms with E-state index in [-0.39, 0.29) is 65.3 Å². The molecule has 1 amide bonds. The van der Waals surface area contributed by atoms with Crippen molar-refractivity contribution in [2.24, 2.45) is 0 Å². The minimum Gasteiger partial charge on any atom is -0.507 e. The molecule has 44 heavy (non-hydrogen) atoms. The number of aliphatic hydroxyl groups is 1. The summed E-state index contributed by atoms with van der Waals surface area (Å²) >= 11 is 6.60. The van der Waals surface area contributed by atoms with E-state index in [0.29, 0.717) is 27.8 Å². The van der Waals surface area contributed by atoms with Crippen LogP contribution in [0, 0.1) is 6.92 Å². The number of sulfone groups is 1. The van der Waals surface area contributed by atoms with E-state index in [9.17, 15) is 36.3 Å². The second-order valence-electron chi connectivity index (χ2n) is 10.8. The minimum absolute atomic E-state index is 0.0261. The van der Waals surface area contributed by atoms with Crippen LogP contribution in [-0.2, 0) is 30.6 Å². The summed E-state index contributed by atoms with van der Waals surface area (Å²) in [5.41, 5.74) is 1.25. The maximum Gasteiger partial charge on any atom is 0.573 e. The molecule has 1 N–H and O–H groups in total. The second-order valence-corrected chi connectivity index (χ2v) is 13.2. The van der Waals surface area contributed by atoms with Gasteiger partial charge in [0, 0.05) is 42.8 Å². The van der Waals surface area contributed by atoms with Gasteiger partial charge in [-0.2, -0.15) is 0 Å². The van der Waals surface area contributed by atoms with Gasteiger partial charge in [0.15, 0.2) is 21.2 Å². The maximum absolute atomic E-state index is 13.1. The topological polar surface area (TPSA) is 110 Å². The van der Waals surface area contributed by atoms with Crippen LogP contribution < -0.4 is 4.74 Å². The zero-order valence-corrected chi connectivity index (χ0v) is 25.1. The number of carbonyl (C=O) groups excluding carboxylic acids is 2. The van der Waals surface area contributed by atoms with E-state index in [1.807, 2.05) is 0 Å². The third-order valence-corrected chi connectivity index (χ3v) is 9.18. The molecule has 3 aromatic carbocycles. The number of nitrogens with zero attached hydrogens (tertiary/aromatic N) is 1. The van der Waals surface area contributed by atoms with Gasteiger partial charge < -0.3 is 19.5 Å². The van der Waals surface area contributed by atoms with E-state index in [0.717, 1.165) is 18.4 Å². The average molecular weight is 650 g/mol. The molecule has 0 radical (unpaired) electrons. The summed E-state index contributed by atoms with van der Waals surface area (Å²) in [6.07, 6.45) is -3.47. The van der Waals surface area contributed by atoms with Gasteiger partial charge in [0.1, 0.15) is 11.3 Å². The first-order valence-corrected chi connectivity index (χ1v) is 15.7. The Morgan fingerprint density at radius 2 is 1.73 bits per heavy atom. The average Bonchev–Trinajstić information content (AvgIpc) is 3.18. The van der Waals surface area contributed by atoms with Gasteiger partial charge in [-0.1, -0.05) is 35.9 Å². The lowest BCUT2D eigenvalue weighted by Gasteiger charge is -2.38. The van der Waals surface area contributed by atoms with Crippen molar-refractivity contribution in [3.63, 3.8) is 0 Å². The highest BCUT2D eigenvalue weighted by atomic mass is 35.5. The molecule has 0 aromatic heterocycles. The summed E-state index contributed by atoms with van der Waals surface area (Å²) in [7, 11) is -3.45. The molecular weight excluding hydrogens is 623 g/mol. The first kappa shape index (κ1) is 31.4. The van der Waals surface area contributed by atoms with Gasteiger partial charge in [-0.05, 0) is 65.6 Å². The molecule has 0 saturated carbocycles. The predicted molar refractivity (Wildman–Crippen MR) is 156 cm³/mol. The van der Waals surface area contributed by atoms with E-state index in [1.165, 1.54) is 30.3 Å². The van der Waals surface area contributed by atoms with Gasteiger partial charge in [0.05, 0.1) is 11.3 Å². The monoisotopic (exact) mass is 649 g/mol. The summed E-state index contributed by atoms with van der Waals surface area (Å²) in [4.78, 5) is 27.7. The van der Waals surface area contributed by atoms with Crippen LogP contribution in [0.15, 0.2) is 71.3 Å². The summed E-state index contributed by atoms with van der Waals surface area (Å²) in [6, 6.07) is 14.6. The number of rotatable bonds is 6. The molecule has 3 aromatic rings. The number of hydrogen-bond donors (Lipinski definition) is 1. The lowest BCUT2D eigenvalue weighted by atomic mass is 9.86.